The summed E-state index contributed by atoms with van der Waals surface area (Å²) in [7, 11) is 1.76. The molecule has 15 heavy (non-hydrogen) atoms. The van der Waals surface area contributed by atoms with Crippen molar-refractivity contribution in [1.29, 1.82) is 0 Å². The lowest BCUT2D eigenvalue weighted by molar-refractivity contribution is 0.0179. The fourth-order valence-corrected chi connectivity index (χ4v) is 2.33. The third-order valence-corrected chi connectivity index (χ3v) is 3.18. The van der Waals surface area contributed by atoms with Crippen LogP contribution in [0.2, 0.25) is 0 Å². The van der Waals surface area contributed by atoms with Crippen LogP contribution in [0.4, 0.5) is 0 Å². The lowest BCUT2D eigenvalue weighted by Crippen LogP contribution is -2.29. The van der Waals surface area contributed by atoms with Gasteiger partial charge in [-0.05, 0) is 35.2 Å². The third-order valence-electron chi connectivity index (χ3n) is 2.60. The summed E-state index contributed by atoms with van der Waals surface area (Å²) < 4.78 is 7.79. The number of ether oxygens (including phenoxy) is 1. The average molecular weight is 273 g/mol. The maximum absolute atomic E-state index is 12.1. The maximum atomic E-state index is 12.1. The van der Waals surface area contributed by atoms with Gasteiger partial charge in [0.25, 0.3) is 0 Å². The molecule has 0 radical (unpaired) electrons. The Hall–Kier alpha value is -0.680. The van der Waals surface area contributed by atoms with Crippen molar-refractivity contribution in [2.45, 2.75) is 25.4 Å². The van der Waals surface area contributed by atoms with E-state index in [4.69, 9.17) is 4.74 Å². The number of carbonyl (C=O) groups is 1. The van der Waals surface area contributed by atoms with Gasteiger partial charge in [-0.3, -0.25) is 9.48 Å². The third kappa shape index (κ3) is 2.13. The number of ketones is 1. The van der Waals surface area contributed by atoms with Gasteiger partial charge in [0.1, 0.15) is 11.8 Å². The Bertz CT molecular complexity index is 350. The highest BCUT2D eigenvalue weighted by atomic mass is 79.9. The van der Waals surface area contributed by atoms with E-state index >= 15 is 0 Å². The Labute approximate surface area is 96.7 Å². The normalized spacial score (nSPS) is 21.6. The van der Waals surface area contributed by atoms with Gasteiger partial charge in [-0.2, -0.15) is 5.10 Å². The molecule has 1 atom stereocenters. The number of carbonyl (C=O) groups excluding carboxylic acids is 1. The van der Waals surface area contributed by atoms with Crippen molar-refractivity contribution in [2.24, 2.45) is 7.05 Å². The fourth-order valence-electron chi connectivity index (χ4n) is 1.79. The number of nitrogens with zero attached hydrogens (tertiary/aromatic N) is 2. The highest BCUT2D eigenvalue weighted by Crippen LogP contribution is 2.22. The van der Waals surface area contributed by atoms with Gasteiger partial charge in [-0.1, -0.05) is 0 Å². The first-order valence-corrected chi connectivity index (χ1v) is 5.83. The molecule has 1 aliphatic heterocycles. The summed E-state index contributed by atoms with van der Waals surface area (Å²) in [6.07, 6.45) is 4.28. The smallest absolute Gasteiger partial charge is 0.210 e. The number of aryl methyl sites for hydroxylation is 1. The molecule has 4 nitrogen and oxygen atoms in total. The number of hydrogen-bond acceptors (Lipinski definition) is 3. The van der Waals surface area contributed by atoms with Crippen LogP contribution in [0, 0.1) is 0 Å². The summed E-state index contributed by atoms with van der Waals surface area (Å²) in [5.74, 6) is 0.0292. The van der Waals surface area contributed by atoms with E-state index in [2.05, 4.69) is 21.0 Å². The number of hydrogen-bond donors (Lipinski definition) is 0. The first-order valence-electron chi connectivity index (χ1n) is 5.03. The Morgan fingerprint density at radius 2 is 2.47 bits per heavy atom. The van der Waals surface area contributed by atoms with Crippen LogP contribution in [0.5, 0.6) is 0 Å². The molecule has 1 saturated heterocycles. The van der Waals surface area contributed by atoms with Crippen molar-refractivity contribution in [3.8, 4) is 0 Å². The number of halogens is 1. The second kappa shape index (κ2) is 4.45. The Morgan fingerprint density at radius 1 is 1.67 bits per heavy atom. The summed E-state index contributed by atoms with van der Waals surface area (Å²) in [6.45, 7) is 0.686. The molecule has 0 saturated carbocycles. The van der Waals surface area contributed by atoms with E-state index in [-0.39, 0.29) is 11.9 Å². The zero-order valence-corrected chi connectivity index (χ0v) is 10.2. The molecule has 82 valence electrons. The minimum absolute atomic E-state index is 0.0292. The molecule has 1 unspecified atom stereocenters. The molecule has 0 spiro atoms. The van der Waals surface area contributed by atoms with Gasteiger partial charge in [0.2, 0.25) is 5.78 Å². The lowest BCUT2D eigenvalue weighted by atomic mass is 10.0. The van der Waals surface area contributed by atoms with Gasteiger partial charge < -0.3 is 4.74 Å². The summed E-state index contributed by atoms with van der Waals surface area (Å²) in [4.78, 5) is 12.1. The Morgan fingerprint density at radius 3 is 3.00 bits per heavy atom. The molecular weight excluding hydrogens is 260 g/mol. The van der Waals surface area contributed by atoms with Gasteiger partial charge in [0.05, 0.1) is 10.7 Å². The molecule has 0 bridgehead atoms. The summed E-state index contributed by atoms with van der Waals surface area (Å²) >= 11 is 3.32. The van der Waals surface area contributed by atoms with Gasteiger partial charge in [0, 0.05) is 13.7 Å². The summed E-state index contributed by atoms with van der Waals surface area (Å²) in [5, 5.41) is 4.03. The topological polar surface area (TPSA) is 44.1 Å². The van der Waals surface area contributed by atoms with E-state index < -0.39 is 0 Å². The Kier molecular flexibility index (Phi) is 3.21. The van der Waals surface area contributed by atoms with Crippen LogP contribution < -0.4 is 0 Å². The summed E-state index contributed by atoms with van der Waals surface area (Å²) in [5.41, 5.74) is 0.599. The highest BCUT2D eigenvalue weighted by molar-refractivity contribution is 9.10. The van der Waals surface area contributed by atoms with E-state index in [0.29, 0.717) is 12.3 Å². The molecular formula is C10H13BrN2O2. The van der Waals surface area contributed by atoms with Crippen LogP contribution in [0.1, 0.15) is 29.8 Å². The maximum Gasteiger partial charge on any atom is 0.210 e. The van der Waals surface area contributed by atoms with E-state index in [9.17, 15) is 4.79 Å². The first-order chi connectivity index (χ1) is 7.20. The minimum atomic E-state index is -0.287. The molecule has 0 aromatic carbocycles. The molecule has 1 fully saturated rings. The van der Waals surface area contributed by atoms with Crippen molar-refractivity contribution in [2.75, 3.05) is 6.61 Å². The van der Waals surface area contributed by atoms with E-state index in [0.717, 1.165) is 23.7 Å². The van der Waals surface area contributed by atoms with Crippen LogP contribution in [0.3, 0.4) is 0 Å². The molecule has 1 aromatic rings. The van der Waals surface area contributed by atoms with Crippen LogP contribution in [-0.2, 0) is 11.8 Å². The lowest BCUT2D eigenvalue weighted by Gasteiger charge is -2.21. The first kappa shape index (κ1) is 10.8. The van der Waals surface area contributed by atoms with Crippen LogP contribution >= 0.6 is 15.9 Å². The van der Waals surface area contributed by atoms with E-state index in [1.807, 2.05) is 0 Å². The molecule has 0 amide bonds. The molecule has 2 heterocycles. The van der Waals surface area contributed by atoms with Crippen molar-refractivity contribution < 1.29 is 9.53 Å². The largest absolute Gasteiger partial charge is 0.370 e. The SMILES string of the molecule is Cn1ncc(Br)c1C(=O)C1CCCCO1. The summed E-state index contributed by atoms with van der Waals surface area (Å²) in [6, 6.07) is 0. The highest BCUT2D eigenvalue weighted by Gasteiger charge is 2.27. The molecule has 5 heteroatoms. The number of rotatable bonds is 2. The molecule has 2 rings (SSSR count). The average Bonchev–Trinajstić information content (AvgIpc) is 2.59. The monoisotopic (exact) mass is 272 g/mol. The minimum Gasteiger partial charge on any atom is -0.370 e. The molecule has 0 aliphatic carbocycles. The number of Topliss-reactive ketones (excluding diaryl/α,β-unsaturated/α-hetero) is 1. The van der Waals surface area contributed by atoms with Crippen LogP contribution in [0.15, 0.2) is 10.7 Å². The number of aromatic nitrogens is 2. The van der Waals surface area contributed by atoms with Crippen molar-refractivity contribution >= 4 is 21.7 Å². The Balaban J connectivity index is 2.19. The van der Waals surface area contributed by atoms with E-state index in [1.54, 1.807) is 17.9 Å². The molecule has 0 N–H and O–H groups in total. The van der Waals surface area contributed by atoms with Crippen LogP contribution in [0.25, 0.3) is 0 Å². The van der Waals surface area contributed by atoms with Crippen molar-refractivity contribution in [3.05, 3.63) is 16.4 Å². The van der Waals surface area contributed by atoms with Crippen molar-refractivity contribution in [1.82, 2.24) is 9.78 Å². The van der Waals surface area contributed by atoms with Crippen LogP contribution in [-0.4, -0.2) is 28.3 Å². The van der Waals surface area contributed by atoms with Crippen molar-refractivity contribution in [3.63, 3.8) is 0 Å². The second-order valence-corrected chi connectivity index (χ2v) is 4.54. The van der Waals surface area contributed by atoms with Gasteiger partial charge in [0.15, 0.2) is 0 Å². The van der Waals surface area contributed by atoms with Gasteiger partial charge >= 0.3 is 0 Å². The molecule has 1 aliphatic rings. The predicted octanol–water partition coefficient (Wildman–Crippen LogP) is 1.93. The fraction of sp³-hybridized carbons (Fsp3) is 0.600. The quantitative estimate of drug-likeness (QED) is 0.773. The standard InChI is InChI=1S/C10H13BrN2O2/c1-13-9(7(11)6-12-13)10(14)8-4-2-3-5-15-8/h6,8H,2-5H2,1H3. The molecule has 1 aromatic heterocycles. The van der Waals surface area contributed by atoms with Gasteiger partial charge in [-0.25, -0.2) is 0 Å². The zero-order chi connectivity index (χ0) is 10.8. The predicted molar refractivity (Wildman–Crippen MR) is 58.8 cm³/mol. The zero-order valence-electron chi connectivity index (χ0n) is 8.57. The van der Waals surface area contributed by atoms with Gasteiger partial charge in [-0.15, -0.1) is 0 Å². The van der Waals surface area contributed by atoms with E-state index in [1.165, 1.54) is 0 Å². The second-order valence-electron chi connectivity index (χ2n) is 3.68.